The Bertz CT molecular complexity index is 647. The number of nitrogens with zero attached hydrogens (tertiary/aromatic N) is 2. The van der Waals surface area contributed by atoms with E-state index in [2.05, 4.69) is 10.3 Å². The summed E-state index contributed by atoms with van der Waals surface area (Å²) in [6, 6.07) is 11.5. The van der Waals surface area contributed by atoms with Crippen molar-refractivity contribution >= 4 is 11.5 Å². The number of benzene rings is 1. The Morgan fingerprint density at radius 2 is 1.83 bits per heavy atom. The van der Waals surface area contributed by atoms with Gasteiger partial charge in [0.25, 0.3) is 0 Å². The average molecular weight is 314 g/mol. The van der Waals surface area contributed by atoms with Gasteiger partial charge in [-0.15, -0.1) is 0 Å². The van der Waals surface area contributed by atoms with Crippen LogP contribution >= 0.6 is 0 Å². The average Bonchev–Trinajstić information content (AvgIpc) is 2.64. The van der Waals surface area contributed by atoms with Crippen molar-refractivity contribution in [2.24, 2.45) is 0 Å². The topological polar surface area (TPSA) is 72.6 Å². The van der Waals surface area contributed by atoms with Crippen LogP contribution in [0.3, 0.4) is 0 Å². The van der Waals surface area contributed by atoms with Gasteiger partial charge in [0.2, 0.25) is 0 Å². The summed E-state index contributed by atoms with van der Waals surface area (Å²) in [6.45, 7) is 8.25. The molecule has 1 aromatic carbocycles. The Hall–Kier alpha value is -2.74. The summed E-state index contributed by atoms with van der Waals surface area (Å²) in [6.07, 6.45) is 1.55. The van der Waals surface area contributed by atoms with Crippen molar-refractivity contribution in [1.82, 2.24) is 4.98 Å². The predicted octanol–water partition coefficient (Wildman–Crippen LogP) is 4.78. The van der Waals surface area contributed by atoms with E-state index >= 15 is 0 Å². The highest BCUT2D eigenvalue weighted by Gasteiger charge is 2.08. The summed E-state index contributed by atoms with van der Waals surface area (Å²) in [7, 11) is 0. The maximum Gasteiger partial charge on any atom is 0.143 e. The normalized spacial score (nSPS) is 8.52. The lowest BCUT2D eigenvalue weighted by Gasteiger charge is -2.09. The van der Waals surface area contributed by atoms with Gasteiger partial charge in [0.05, 0.1) is 5.56 Å². The SMILES string of the molecule is CC.CC.N#CC(=N)c1cccnc1NCc1ccccc1F. The molecule has 23 heavy (non-hydrogen) atoms. The first kappa shape index (κ1) is 20.3. The standard InChI is InChI=1S/C14H11FN4.2C2H6/c15-12-6-2-1-4-10(12)9-19-14-11(13(17)8-16)5-3-7-18-14;2*1-2/h1-7,17H,9H2,(H,18,19);2*1-2H3. The highest BCUT2D eigenvalue weighted by molar-refractivity contribution is 6.12. The fraction of sp³-hybridized carbons (Fsp3) is 0.278. The van der Waals surface area contributed by atoms with Crippen LogP contribution in [0.15, 0.2) is 42.6 Å². The number of anilines is 1. The Balaban J connectivity index is 0.00000112. The Morgan fingerprint density at radius 3 is 2.43 bits per heavy atom. The van der Waals surface area contributed by atoms with Gasteiger partial charge in [-0.1, -0.05) is 45.9 Å². The van der Waals surface area contributed by atoms with E-state index in [9.17, 15) is 4.39 Å². The van der Waals surface area contributed by atoms with Gasteiger partial charge in [-0.25, -0.2) is 9.37 Å². The molecule has 0 atom stereocenters. The lowest BCUT2D eigenvalue weighted by Crippen LogP contribution is -2.08. The minimum atomic E-state index is -0.303. The van der Waals surface area contributed by atoms with Crippen molar-refractivity contribution in [3.05, 3.63) is 59.5 Å². The van der Waals surface area contributed by atoms with Crippen molar-refractivity contribution < 1.29 is 4.39 Å². The van der Waals surface area contributed by atoms with Gasteiger partial charge < -0.3 is 5.32 Å². The first-order chi connectivity index (χ1) is 11.2. The molecule has 0 radical (unpaired) electrons. The minimum absolute atomic E-state index is 0.177. The zero-order valence-corrected chi connectivity index (χ0v) is 14.0. The molecule has 2 rings (SSSR count). The van der Waals surface area contributed by atoms with Crippen LogP contribution in [0.1, 0.15) is 38.8 Å². The number of nitrogens with one attached hydrogen (secondary N) is 2. The van der Waals surface area contributed by atoms with E-state index < -0.39 is 0 Å². The molecule has 0 saturated carbocycles. The predicted molar refractivity (Wildman–Crippen MR) is 93.1 cm³/mol. The molecule has 0 unspecified atom stereocenters. The van der Waals surface area contributed by atoms with Gasteiger partial charge in [-0.05, 0) is 18.2 Å². The second kappa shape index (κ2) is 11.9. The van der Waals surface area contributed by atoms with Crippen LogP contribution in [0.5, 0.6) is 0 Å². The van der Waals surface area contributed by atoms with Crippen LogP contribution in [-0.4, -0.2) is 10.7 Å². The third kappa shape index (κ3) is 6.27. The Kier molecular flexibility index (Phi) is 10.5. The summed E-state index contributed by atoms with van der Waals surface area (Å²) in [4.78, 5) is 4.07. The Morgan fingerprint density at radius 1 is 1.17 bits per heavy atom. The molecule has 0 aliphatic heterocycles. The zero-order valence-electron chi connectivity index (χ0n) is 14.0. The van der Waals surface area contributed by atoms with Gasteiger partial charge in [0.1, 0.15) is 23.4 Å². The van der Waals surface area contributed by atoms with Crippen LogP contribution in [0.2, 0.25) is 0 Å². The van der Waals surface area contributed by atoms with E-state index in [1.165, 1.54) is 6.07 Å². The molecule has 0 bridgehead atoms. The van der Waals surface area contributed by atoms with E-state index in [-0.39, 0.29) is 18.1 Å². The second-order valence-electron chi connectivity index (χ2n) is 3.83. The zero-order chi connectivity index (χ0) is 17.7. The van der Waals surface area contributed by atoms with Crippen molar-refractivity contribution in [3.63, 3.8) is 0 Å². The van der Waals surface area contributed by atoms with Gasteiger partial charge in [0, 0.05) is 18.3 Å². The number of hydrogen-bond acceptors (Lipinski definition) is 4. The largest absolute Gasteiger partial charge is 0.365 e. The van der Waals surface area contributed by atoms with Crippen molar-refractivity contribution in [3.8, 4) is 6.07 Å². The van der Waals surface area contributed by atoms with E-state index in [1.807, 2.05) is 27.7 Å². The molecule has 1 aromatic heterocycles. The van der Waals surface area contributed by atoms with E-state index in [4.69, 9.17) is 10.7 Å². The van der Waals surface area contributed by atoms with Crippen LogP contribution in [-0.2, 0) is 6.54 Å². The first-order valence-corrected chi connectivity index (χ1v) is 7.63. The minimum Gasteiger partial charge on any atom is -0.365 e. The molecule has 1 heterocycles. The molecule has 0 saturated heterocycles. The Labute approximate surface area is 137 Å². The molecule has 2 N–H and O–H groups in total. The number of aromatic nitrogens is 1. The molecule has 0 aliphatic carbocycles. The summed E-state index contributed by atoms with van der Waals surface area (Å²) in [5.74, 6) is 0.0974. The third-order valence-electron chi connectivity index (χ3n) is 2.59. The molecule has 0 aliphatic rings. The number of halogens is 1. The fourth-order valence-corrected chi connectivity index (χ4v) is 1.63. The van der Waals surface area contributed by atoms with Crippen LogP contribution < -0.4 is 5.32 Å². The molecule has 0 spiro atoms. The van der Waals surface area contributed by atoms with Crippen molar-refractivity contribution in [1.29, 1.82) is 10.7 Å². The lowest BCUT2D eigenvalue weighted by molar-refractivity contribution is 0.613. The van der Waals surface area contributed by atoms with Crippen molar-refractivity contribution in [2.75, 3.05) is 5.32 Å². The van der Waals surface area contributed by atoms with Gasteiger partial charge in [-0.2, -0.15) is 5.26 Å². The van der Waals surface area contributed by atoms with Gasteiger partial charge in [0.15, 0.2) is 0 Å². The first-order valence-electron chi connectivity index (χ1n) is 7.63. The van der Waals surface area contributed by atoms with Crippen LogP contribution in [0.4, 0.5) is 10.2 Å². The lowest BCUT2D eigenvalue weighted by atomic mass is 10.1. The number of rotatable bonds is 4. The van der Waals surface area contributed by atoms with E-state index in [0.717, 1.165) is 0 Å². The second-order valence-corrected chi connectivity index (χ2v) is 3.83. The highest BCUT2D eigenvalue weighted by atomic mass is 19.1. The van der Waals surface area contributed by atoms with Crippen molar-refractivity contribution in [2.45, 2.75) is 34.2 Å². The van der Waals surface area contributed by atoms with Gasteiger partial charge in [-0.3, -0.25) is 5.41 Å². The molecule has 0 fully saturated rings. The summed E-state index contributed by atoms with van der Waals surface area (Å²) < 4.78 is 13.5. The highest BCUT2D eigenvalue weighted by Crippen LogP contribution is 2.14. The molecule has 122 valence electrons. The van der Waals surface area contributed by atoms with Gasteiger partial charge >= 0.3 is 0 Å². The number of nitriles is 1. The quantitative estimate of drug-likeness (QED) is 0.798. The van der Waals surface area contributed by atoms with Crippen LogP contribution in [0, 0.1) is 22.6 Å². The fourth-order valence-electron chi connectivity index (χ4n) is 1.63. The third-order valence-corrected chi connectivity index (χ3v) is 2.59. The maximum absolute atomic E-state index is 13.5. The molecule has 5 heteroatoms. The number of hydrogen-bond donors (Lipinski definition) is 2. The molecule has 2 aromatic rings. The van der Waals surface area contributed by atoms with E-state index in [1.54, 1.807) is 42.6 Å². The van der Waals surface area contributed by atoms with Crippen LogP contribution in [0.25, 0.3) is 0 Å². The van der Waals surface area contributed by atoms with E-state index in [0.29, 0.717) is 16.9 Å². The summed E-state index contributed by atoms with van der Waals surface area (Å²) in [5, 5.41) is 19.2. The monoisotopic (exact) mass is 314 g/mol. The summed E-state index contributed by atoms with van der Waals surface area (Å²) >= 11 is 0. The molecular formula is C18H23FN4. The molecule has 0 amide bonds. The molecule has 4 nitrogen and oxygen atoms in total. The number of pyridine rings is 1. The smallest absolute Gasteiger partial charge is 0.143 e. The molecular weight excluding hydrogens is 291 g/mol. The summed E-state index contributed by atoms with van der Waals surface area (Å²) in [5.41, 5.74) is 0.730. The maximum atomic E-state index is 13.5.